The summed E-state index contributed by atoms with van der Waals surface area (Å²) in [5.74, 6) is 2.31. The SMILES string of the molecule is CCN(c1cc(Cl)cc(C(=O)NCc2c(OC)nn(C)c2N2CCCCC2)c1C)C1CCC(N(C)Cc2ccc(OC)cc2)CC1. The third kappa shape index (κ3) is 7.58. The van der Waals surface area contributed by atoms with Crippen molar-refractivity contribution in [2.45, 2.75) is 84.0 Å². The maximum atomic E-state index is 13.7. The highest BCUT2D eigenvalue weighted by atomic mass is 35.5. The van der Waals surface area contributed by atoms with Crippen LogP contribution in [-0.2, 0) is 20.1 Å². The van der Waals surface area contributed by atoms with Crippen molar-refractivity contribution in [3.63, 3.8) is 0 Å². The number of ether oxygens (including phenoxy) is 2. The van der Waals surface area contributed by atoms with Gasteiger partial charge < -0.3 is 24.6 Å². The molecular weight excluding hydrogens is 600 g/mol. The quantitative estimate of drug-likeness (QED) is 0.237. The fourth-order valence-corrected chi connectivity index (χ4v) is 7.61. The molecule has 0 atom stereocenters. The molecule has 46 heavy (non-hydrogen) atoms. The molecule has 10 heteroatoms. The molecule has 3 aromatic rings. The largest absolute Gasteiger partial charge is 0.497 e. The van der Waals surface area contributed by atoms with Crippen molar-refractivity contribution >= 4 is 29.0 Å². The van der Waals surface area contributed by atoms with E-state index in [0.29, 0.717) is 35.1 Å². The van der Waals surface area contributed by atoms with Crippen molar-refractivity contribution in [3.8, 4) is 11.6 Å². The number of methoxy groups -OCH3 is 2. The lowest BCUT2D eigenvalue weighted by Crippen LogP contribution is -2.43. The number of hydrogen-bond donors (Lipinski definition) is 1. The minimum Gasteiger partial charge on any atom is -0.497 e. The molecule has 0 unspecified atom stereocenters. The minimum atomic E-state index is -0.142. The smallest absolute Gasteiger partial charge is 0.251 e. The average molecular weight is 651 g/mol. The molecule has 1 saturated heterocycles. The molecule has 0 radical (unpaired) electrons. The van der Waals surface area contributed by atoms with Gasteiger partial charge in [0.15, 0.2) is 0 Å². The first-order valence-corrected chi connectivity index (χ1v) is 17.1. The summed E-state index contributed by atoms with van der Waals surface area (Å²) in [4.78, 5) is 21.0. The van der Waals surface area contributed by atoms with E-state index in [1.165, 1.54) is 12.0 Å². The lowest BCUT2D eigenvalue weighted by Gasteiger charge is -2.41. The van der Waals surface area contributed by atoms with Gasteiger partial charge in [0.25, 0.3) is 5.91 Å². The number of carbonyl (C=O) groups is 1. The van der Waals surface area contributed by atoms with Gasteiger partial charge in [0.2, 0.25) is 5.88 Å². The van der Waals surface area contributed by atoms with Gasteiger partial charge in [-0.2, -0.15) is 0 Å². The van der Waals surface area contributed by atoms with Crippen molar-refractivity contribution in [2.75, 3.05) is 50.7 Å². The summed E-state index contributed by atoms with van der Waals surface area (Å²) in [5.41, 5.74) is 4.81. The molecule has 1 amide bonds. The summed E-state index contributed by atoms with van der Waals surface area (Å²) in [6.45, 7) is 8.30. The van der Waals surface area contributed by atoms with E-state index in [0.717, 1.165) is 93.1 Å². The van der Waals surface area contributed by atoms with E-state index in [1.807, 2.05) is 36.9 Å². The number of amides is 1. The molecule has 9 nitrogen and oxygen atoms in total. The van der Waals surface area contributed by atoms with E-state index in [-0.39, 0.29) is 5.91 Å². The molecule has 2 aromatic carbocycles. The van der Waals surface area contributed by atoms with E-state index >= 15 is 0 Å². The van der Waals surface area contributed by atoms with Crippen LogP contribution < -0.4 is 24.6 Å². The second-order valence-electron chi connectivity index (χ2n) is 12.8. The maximum Gasteiger partial charge on any atom is 0.251 e. The number of piperidine rings is 1. The molecular formula is C36H51ClN6O3. The van der Waals surface area contributed by atoms with Crippen LogP contribution in [0.15, 0.2) is 36.4 Å². The maximum absolute atomic E-state index is 13.7. The molecule has 1 aliphatic heterocycles. The number of carbonyl (C=O) groups excluding carboxylic acids is 1. The van der Waals surface area contributed by atoms with Crippen LogP contribution in [-0.4, -0.2) is 73.6 Å². The number of nitrogens with zero attached hydrogens (tertiary/aromatic N) is 5. The zero-order valence-corrected chi connectivity index (χ0v) is 29.2. The van der Waals surface area contributed by atoms with Crippen LogP contribution in [0.1, 0.15) is 78.9 Å². The number of nitrogens with one attached hydrogen (secondary N) is 1. The van der Waals surface area contributed by atoms with Gasteiger partial charge in [0.05, 0.1) is 26.3 Å². The van der Waals surface area contributed by atoms with E-state index in [4.69, 9.17) is 21.1 Å². The summed E-state index contributed by atoms with van der Waals surface area (Å²) in [6, 6.07) is 13.1. The number of rotatable bonds is 12. The molecule has 1 N–H and O–H groups in total. The Morgan fingerprint density at radius 2 is 1.70 bits per heavy atom. The number of anilines is 2. The number of aryl methyl sites for hydroxylation is 1. The molecule has 2 heterocycles. The number of halogens is 1. The van der Waals surface area contributed by atoms with E-state index < -0.39 is 0 Å². The first-order valence-electron chi connectivity index (χ1n) is 16.8. The van der Waals surface area contributed by atoms with Crippen molar-refractivity contribution in [1.29, 1.82) is 0 Å². The monoisotopic (exact) mass is 650 g/mol. The topological polar surface area (TPSA) is 75.1 Å². The van der Waals surface area contributed by atoms with E-state index in [9.17, 15) is 4.79 Å². The second-order valence-corrected chi connectivity index (χ2v) is 13.2. The standard InChI is InChI=1S/C36H51ClN6O3/c1-7-43(29-15-13-28(14-16-29)40(3)24-26-11-17-30(45-5)18-12-26)33-22-27(37)21-31(25(33)2)34(44)38-23-32-35(46-6)39-41(4)36(32)42-19-9-8-10-20-42/h11-12,17-18,21-22,28-29H,7-10,13-16,19-20,23-24H2,1-6H3,(H,38,44). The molecule has 5 rings (SSSR count). The summed E-state index contributed by atoms with van der Waals surface area (Å²) in [5, 5.41) is 8.34. The Balaban J connectivity index is 1.26. The van der Waals surface area contributed by atoms with Gasteiger partial charge >= 0.3 is 0 Å². The predicted octanol–water partition coefficient (Wildman–Crippen LogP) is 6.59. The van der Waals surface area contributed by atoms with Crippen LogP contribution in [0.4, 0.5) is 11.5 Å². The second kappa shape index (κ2) is 15.4. The molecule has 1 aliphatic carbocycles. The number of hydrogen-bond acceptors (Lipinski definition) is 7. The first-order chi connectivity index (χ1) is 22.2. The Hall–Kier alpha value is -3.43. The Bertz CT molecular complexity index is 1460. The highest BCUT2D eigenvalue weighted by molar-refractivity contribution is 6.31. The Morgan fingerprint density at radius 3 is 2.33 bits per heavy atom. The summed E-state index contributed by atoms with van der Waals surface area (Å²) < 4.78 is 12.8. The molecule has 0 bridgehead atoms. The Labute approximate surface area is 279 Å². The third-order valence-electron chi connectivity index (χ3n) is 9.91. The summed E-state index contributed by atoms with van der Waals surface area (Å²) in [7, 11) is 7.51. The van der Waals surface area contributed by atoms with Gasteiger partial charge in [0, 0.05) is 61.6 Å². The van der Waals surface area contributed by atoms with Gasteiger partial charge in [0.1, 0.15) is 11.6 Å². The number of benzene rings is 2. The van der Waals surface area contributed by atoms with Crippen LogP contribution in [0.5, 0.6) is 11.6 Å². The highest BCUT2D eigenvalue weighted by Gasteiger charge is 2.30. The van der Waals surface area contributed by atoms with Crippen LogP contribution in [0, 0.1) is 6.92 Å². The average Bonchev–Trinajstić information content (AvgIpc) is 3.41. The van der Waals surface area contributed by atoms with Crippen LogP contribution in [0.25, 0.3) is 0 Å². The van der Waals surface area contributed by atoms with Crippen molar-refractivity contribution < 1.29 is 14.3 Å². The van der Waals surface area contributed by atoms with E-state index in [2.05, 4.69) is 51.2 Å². The first kappa shape index (κ1) is 33.9. The number of aromatic nitrogens is 2. The summed E-state index contributed by atoms with van der Waals surface area (Å²) in [6.07, 6.45) is 8.00. The van der Waals surface area contributed by atoms with Gasteiger partial charge in [-0.1, -0.05) is 23.7 Å². The minimum absolute atomic E-state index is 0.142. The molecule has 1 aromatic heterocycles. The van der Waals surface area contributed by atoms with Gasteiger partial charge in [-0.25, -0.2) is 4.68 Å². The van der Waals surface area contributed by atoms with Crippen molar-refractivity contribution in [3.05, 3.63) is 63.7 Å². The fraction of sp³-hybridized carbons (Fsp3) is 0.556. The lowest BCUT2D eigenvalue weighted by atomic mass is 9.88. The highest BCUT2D eigenvalue weighted by Crippen LogP contribution is 2.35. The summed E-state index contributed by atoms with van der Waals surface area (Å²) >= 11 is 6.70. The van der Waals surface area contributed by atoms with Crippen molar-refractivity contribution in [2.24, 2.45) is 7.05 Å². The molecule has 0 spiro atoms. The van der Waals surface area contributed by atoms with E-state index in [1.54, 1.807) is 20.3 Å². The van der Waals surface area contributed by atoms with Crippen molar-refractivity contribution in [1.82, 2.24) is 20.0 Å². The molecule has 1 saturated carbocycles. The normalized spacial score (nSPS) is 18.5. The third-order valence-corrected chi connectivity index (χ3v) is 10.1. The van der Waals surface area contributed by atoms with Gasteiger partial charge in [-0.15, -0.1) is 5.10 Å². The van der Waals surface area contributed by atoms with Gasteiger partial charge in [-0.05, 0) is 101 Å². The van der Waals surface area contributed by atoms with Crippen LogP contribution >= 0.6 is 11.6 Å². The fourth-order valence-electron chi connectivity index (χ4n) is 7.40. The predicted molar refractivity (Wildman–Crippen MR) is 187 cm³/mol. The van der Waals surface area contributed by atoms with Crippen LogP contribution in [0.3, 0.4) is 0 Å². The Kier molecular flexibility index (Phi) is 11.4. The molecule has 250 valence electrons. The van der Waals surface area contributed by atoms with Crippen LogP contribution in [0.2, 0.25) is 5.02 Å². The van der Waals surface area contributed by atoms with Gasteiger partial charge in [-0.3, -0.25) is 9.69 Å². The molecule has 2 fully saturated rings. The Morgan fingerprint density at radius 1 is 1.02 bits per heavy atom. The zero-order chi connectivity index (χ0) is 32.8. The zero-order valence-electron chi connectivity index (χ0n) is 28.4. The lowest BCUT2D eigenvalue weighted by molar-refractivity contribution is 0.0950. The molecule has 2 aliphatic rings.